The van der Waals surface area contributed by atoms with E-state index in [2.05, 4.69) is 6.07 Å². The van der Waals surface area contributed by atoms with Gasteiger partial charge in [0.05, 0.1) is 12.0 Å². The van der Waals surface area contributed by atoms with Crippen LogP contribution in [0.2, 0.25) is 0 Å². The molecule has 0 aromatic heterocycles. The second-order valence-electron chi connectivity index (χ2n) is 7.32. The monoisotopic (exact) mass is 344 g/mol. The quantitative estimate of drug-likeness (QED) is 0.800. The van der Waals surface area contributed by atoms with Gasteiger partial charge in [-0.2, -0.15) is 0 Å². The molecular weight excluding hydrogens is 320 g/mol. The van der Waals surface area contributed by atoms with E-state index in [0.717, 1.165) is 60.7 Å². The number of para-hydroxylation sites is 1. The molecule has 5 heteroatoms. The third-order valence-electron chi connectivity index (χ3n) is 5.61. The first kappa shape index (κ1) is 15.7. The molecule has 0 radical (unpaired) electrons. The van der Waals surface area contributed by atoms with Crippen LogP contribution >= 0.6 is 0 Å². The Morgan fingerprint density at radius 3 is 3.12 bits per heavy atom. The fourth-order valence-corrected chi connectivity index (χ4v) is 4.26. The van der Waals surface area contributed by atoms with Gasteiger partial charge in [0.2, 0.25) is 0 Å². The molecule has 25 heavy (non-hydrogen) atoms. The van der Waals surface area contributed by atoms with E-state index >= 15 is 0 Å². The average Bonchev–Trinajstić information content (AvgIpc) is 3.15. The van der Waals surface area contributed by atoms with E-state index in [-0.39, 0.29) is 18.3 Å². The highest BCUT2D eigenvalue weighted by Gasteiger charge is 2.53. The molecule has 1 aromatic rings. The zero-order chi connectivity index (χ0) is 16.8. The van der Waals surface area contributed by atoms with Crippen molar-refractivity contribution < 1.29 is 24.1 Å². The molecule has 4 aliphatic rings. The number of rotatable bonds is 6. The van der Waals surface area contributed by atoms with Gasteiger partial charge in [-0.15, -0.1) is 0 Å². The van der Waals surface area contributed by atoms with Crippen molar-refractivity contribution in [1.29, 1.82) is 0 Å². The van der Waals surface area contributed by atoms with E-state index < -0.39 is 6.10 Å². The van der Waals surface area contributed by atoms with Crippen LogP contribution in [0.1, 0.15) is 61.7 Å². The maximum atomic E-state index is 10.7. The molecule has 0 bridgehead atoms. The number of ether oxygens (including phenoxy) is 4. The predicted octanol–water partition coefficient (Wildman–Crippen LogP) is 3.53. The molecular formula is C20H24O5. The molecule has 5 nitrogen and oxygen atoms in total. The molecule has 0 spiro atoms. The molecule has 0 saturated carbocycles. The Kier molecular flexibility index (Phi) is 3.95. The first-order valence-electron chi connectivity index (χ1n) is 9.43. The van der Waals surface area contributed by atoms with Gasteiger partial charge in [0.1, 0.15) is 17.6 Å². The molecule has 1 fully saturated rings. The van der Waals surface area contributed by atoms with Gasteiger partial charge in [-0.25, -0.2) is 0 Å². The fourth-order valence-electron chi connectivity index (χ4n) is 4.26. The Morgan fingerprint density at radius 2 is 2.24 bits per heavy atom. The van der Waals surface area contributed by atoms with E-state index in [4.69, 9.17) is 18.9 Å². The van der Waals surface area contributed by atoms with Crippen LogP contribution in [0, 0.1) is 0 Å². The van der Waals surface area contributed by atoms with Crippen molar-refractivity contribution in [3.8, 4) is 5.75 Å². The summed E-state index contributed by atoms with van der Waals surface area (Å²) in [4.78, 5) is 0. The molecule has 1 saturated heterocycles. The van der Waals surface area contributed by atoms with Crippen LogP contribution < -0.4 is 4.74 Å². The average molecular weight is 344 g/mol. The molecule has 134 valence electrons. The number of fused-ring (bicyclic) bond motifs is 4. The van der Waals surface area contributed by atoms with E-state index in [1.165, 1.54) is 6.42 Å². The molecule has 3 aliphatic heterocycles. The van der Waals surface area contributed by atoms with E-state index in [1.807, 2.05) is 12.1 Å². The van der Waals surface area contributed by atoms with E-state index in [1.54, 1.807) is 0 Å². The molecule has 1 N–H and O–H groups in total. The number of hydrogen-bond acceptors (Lipinski definition) is 5. The number of aliphatic hydroxyl groups excluding tert-OH is 1. The maximum absolute atomic E-state index is 10.7. The van der Waals surface area contributed by atoms with Gasteiger partial charge in [-0.05, 0) is 32.1 Å². The third kappa shape index (κ3) is 2.84. The van der Waals surface area contributed by atoms with Crippen LogP contribution in [0.4, 0.5) is 0 Å². The largest absolute Gasteiger partial charge is 0.488 e. The minimum atomic E-state index is -0.529. The normalized spacial score (nSPS) is 30.2. The minimum Gasteiger partial charge on any atom is -0.488 e. The Morgan fingerprint density at radius 1 is 1.28 bits per heavy atom. The first-order valence-corrected chi connectivity index (χ1v) is 9.43. The standard InChI is InChI=1S/C20H24O5/c21-14(7-4-10-23-17-8-1-2-9-22-17)12-5-3-6-13-18-15(24-19(12)13)11-16-20(18)25-16/h3,5-6,14-15,17-18,21H,1-2,4,7-11H2/t14?,15-,17?,18-/m1/s1. The lowest BCUT2D eigenvalue weighted by molar-refractivity contribution is -0.163. The van der Waals surface area contributed by atoms with Crippen LogP contribution in [-0.2, 0) is 14.2 Å². The molecule has 3 heterocycles. The second-order valence-corrected chi connectivity index (χ2v) is 7.32. The van der Waals surface area contributed by atoms with Crippen molar-refractivity contribution in [2.75, 3.05) is 13.2 Å². The maximum Gasteiger partial charge on any atom is 0.157 e. The summed E-state index contributed by atoms with van der Waals surface area (Å²) in [6.45, 7) is 1.41. The Balaban J connectivity index is 1.19. The highest BCUT2D eigenvalue weighted by Crippen LogP contribution is 2.58. The van der Waals surface area contributed by atoms with Crippen molar-refractivity contribution in [2.45, 2.75) is 62.9 Å². The van der Waals surface area contributed by atoms with Gasteiger partial charge >= 0.3 is 0 Å². The van der Waals surface area contributed by atoms with Gasteiger partial charge in [-0.1, -0.05) is 18.2 Å². The topological polar surface area (TPSA) is 60.5 Å². The molecule has 1 aromatic carbocycles. The third-order valence-corrected chi connectivity index (χ3v) is 5.61. The van der Waals surface area contributed by atoms with Crippen molar-refractivity contribution in [1.82, 2.24) is 0 Å². The Bertz CT molecular complexity index is 691. The fraction of sp³-hybridized carbons (Fsp3) is 0.600. The Hall–Kier alpha value is -1.56. The first-order chi connectivity index (χ1) is 12.3. The van der Waals surface area contributed by atoms with Crippen LogP contribution in [-0.4, -0.2) is 30.7 Å². The molecule has 0 amide bonds. The lowest BCUT2D eigenvalue weighted by Gasteiger charge is -2.23. The SMILES string of the molecule is OC(CCCOC1CCCCO1)c1cccc2c1O[C@@H]1CC3=C(O3)[C@H]21. The van der Waals surface area contributed by atoms with Gasteiger partial charge in [-0.3, -0.25) is 0 Å². The van der Waals surface area contributed by atoms with Crippen molar-refractivity contribution in [3.05, 3.63) is 40.8 Å². The molecule has 5 rings (SSSR count). The van der Waals surface area contributed by atoms with E-state index in [9.17, 15) is 5.11 Å². The van der Waals surface area contributed by atoms with Gasteiger partial charge in [0.15, 0.2) is 12.0 Å². The summed E-state index contributed by atoms with van der Waals surface area (Å²) >= 11 is 0. The summed E-state index contributed by atoms with van der Waals surface area (Å²) < 4.78 is 23.0. The van der Waals surface area contributed by atoms with Crippen LogP contribution in [0.3, 0.4) is 0 Å². The summed E-state index contributed by atoms with van der Waals surface area (Å²) in [5, 5.41) is 10.7. The summed E-state index contributed by atoms with van der Waals surface area (Å²) in [5.74, 6) is 3.30. The lowest BCUT2D eigenvalue weighted by Crippen LogP contribution is -2.22. The van der Waals surface area contributed by atoms with Gasteiger partial charge in [0.25, 0.3) is 0 Å². The summed E-state index contributed by atoms with van der Waals surface area (Å²) in [6, 6.07) is 6.08. The summed E-state index contributed by atoms with van der Waals surface area (Å²) in [6.07, 6.45) is 5.17. The molecule has 4 atom stereocenters. The van der Waals surface area contributed by atoms with Crippen molar-refractivity contribution in [2.24, 2.45) is 0 Å². The highest BCUT2D eigenvalue weighted by molar-refractivity contribution is 5.55. The lowest BCUT2D eigenvalue weighted by atomic mass is 9.93. The predicted molar refractivity (Wildman–Crippen MR) is 90.1 cm³/mol. The molecule has 2 unspecified atom stereocenters. The van der Waals surface area contributed by atoms with Gasteiger partial charge in [0, 0.05) is 30.8 Å². The van der Waals surface area contributed by atoms with Crippen LogP contribution in [0.5, 0.6) is 5.75 Å². The zero-order valence-corrected chi connectivity index (χ0v) is 14.3. The van der Waals surface area contributed by atoms with Gasteiger partial charge < -0.3 is 24.1 Å². The zero-order valence-electron chi connectivity index (χ0n) is 14.3. The number of hydrogen-bond donors (Lipinski definition) is 1. The second kappa shape index (κ2) is 6.31. The summed E-state index contributed by atoms with van der Waals surface area (Å²) in [5.41, 5.74) is 2.06. The van der Waals surface area contributed by atoms with E-state index in [0.29, 0.717) is 13.0 Å². The number of benzene rings is 1. The van der Waals surface area contributed by atoms with Crippen LogP contribution in [0.25, 0.3) is 0 Å². The van der Waals surface area contributed by atoms with Crippen molar-refractivity contribution >= 4 is 0 Å². The highest BCUT2D eigenvalue weighted by atomic mass is 16.7. The number of aliphatic hydroxyl groups is 1. The molecule has 1 aliphatic carbocycles. The minimum absolute atomic E-state index is 0.0596. The van der Waals surface area contributed by atoms with Crippen molar-refractivity contribution in [3.63, 3.8) is 0 Å². The Labute approximate surface area is 147 Å². The van der Waals surface area contributed by atoms with Crippen LogP contribution in [0.15, 0.2) is 29.7 Å². The summed E-state index contributed by atoms with van der Waals surface area (Å²) in [7, 11) is 0. The smallest absolute Gasteiger partial charge is 0.157 e.